The second-order valence-corrected chi connectivity index (χ2v) is 6.04. The minimum absolute atomic E-state index is 0.0895. The van der Waals surface area contributed by atoms with E-state index < -0.39 is 0 Å². The van der Waals surface area contributed by atoms with Crippen LogP contribution in [0.1, 0.15) is 29.5 Å². The highest BCUT2D eigenvalue weighted by Crippen LogP contribution is 2.32. The van der Waals surface area contributed by atoms with Crippen molar-refractivity contribution in [2.45, 2.75) is 45.3 Å². The van der Waals surface area contributed by atoms with E-state index in [0.29, 0.717) is 13.0 Å². The Labute approximate surface area is 119 Å². The average molecular weight is 274 g/mol. The maximum Gasteiger partial charge on any atom is 0.264 e. The second-order valence-electron chi connectivity index (χ2n) is 6.04. The Balaban J connectivity index is 1.73. The van der Waals surface area contributed by atoms with Gasteiger partial charge in [0.05, 0.1) is 0 Å². The van der Waals surface area contributed by atoms with Crippen LogP contribution in [0.15, 0.2) is 12.1 Å². The standard InChI is InChI=1S/C16H22N2O2/c1-10-6-12-8-15(20-14(12)7-11(10)2)16(19)18-5-3-4-13(17)9-18/h6-7,13,15H,3-5,8-9,17H2,1-2H3. The van der Waals surface area contributed by atoms with E-state index in [1.807, 2.05) is 11.0 Å². The van der Waals surface area contributed by atoms with Crippen LogP contribution in [0, 0.1) is 13.8 Å². The van der Waals surface area contributed by atoms with Crippen LogP contribution in [-0.4, -0.2) is 36.0 Å². The van der Waals surface area contributed by atoms with Crippen LogP contribution in [0.25, 0.3) is 0 Å². The van der Waals surface area contributed by atoms with Gasteiger partial charge in [-0.05, 0) is 49.4 Å². The van der Waals surface area contributed by atoms with E-state index >= 15 is 0 Å². The third kappa shape index (κ3) is 2.40. The highest BCUT2D eigenvalue weighted by Gasteiger charge is 2.34. The summed E-state index contributed by atoms with van der Waals surface area (Å²) in [7, 11) is 0. The number of rotatable bonds is 1. The van der Waals surface area contributed by atoms with E-state index in [4.69, 9.17) is 10.5 Å². The van der Waals surface area contributed by atoms with Gasteiger partial charge in [0.15, 0.2) is 6.10 Å². The molecular weight excluding hydrogens is 252 g/mol. The van der Waals surface area contributed by atoms with Gasteiger partial charge in [-0.1, -0.05) is 6.07 Å². The molecule has 0 bridgehead atoms. The van der Waals surface area contributed by atoms with Crippen LogP contribution in [0.5, 0.6) is 5.75 Å². The molecule has 2 aliphatic heterocycles. The molecule has 2 N–H and O–H groups in total. The lowest BCUT2D eigenvalue weighted by atomic mass is 10.0. The Morgan fingerprint density at radius 2 is 2.10 bits per heavy atom. The van der Waals surface area contributed by atoms with Crippen molar-refractivity contribution in [3.05, 3.63) is 28.8 Å². The summed E-state index contributed by atoms with van der Waals surface area (Å²) in [5.41, 5.74) is 9.55. The number of aryl methyl sites for hydroxylation is 2. The number of carbonyl (C=O) groups is 1. The summed E-state index contributed by atoms with van der Waals surface area (Å²) < 4.78 is 5.86. The van der Waals surface area contributed by atoms with Gasteiger partial charge in [0.1, 0.15) is 5.75 Å². The molecule has 20 heavy (non-hydrogen) atoms. The average Bonchev–Trinajstić information content (AvgIpc) is 2.81. The Hall–Kier alpha value is -1.55. The lowest BCUT2D eigenvalue weighted by Gasteiger charge is -2.32. The first-order chi connectivity index (χ1) is 9.54. The molecule has 0 aliphatic carbocycles. The van der Waals surface area contributed by atoms with Crippen LogP contribution < -0.4 is 10.5 Å². The molecule has 2 aliphatic rings. The van der Waals surface area contributed by atoms with Crippen LogP contribution in [-0.2, 0) is 11.2 Å². The van der Waals surface area contributed by atoms with Gasteiger partial charge in [-0.3, -0.25) is 4.79 Å². The van der Waals surface area contributed by atoms with E-state index in [0.717, 1.165) is 30.7 Å². The number of amides is 1. The van der Waals surface area contributed by atoms with Crippen LogP contribution >= 0.6 is 0 Å². The van der Waals surface area contributed by atoms with Gasteiger partial charge < -0.3 is 15.4 Å². The lowest BCUT2D eigenvalue weighted by molar-refractivity contribution is -0.139. The number of hydrogen-bond donors (Lipinski definition) is 1. The molecule has 0 spiro atoms. The largest absolute Gasteiger partial charge is 0.480 e. The minimum atomic E-state index is -0.364. The van der Waals surface area contributed by atoms with E-state index in [1.54, 1.807) is 0 Å². The topological polar surface area (TPSA) is 55.6 Å². The minimum Gasteiger partial charge on any atom is -0.480 e. The first-order valence-electron chi connectivity index (χ1n) is 7.36. The van der Waals surface area contributed by atoms with Crippen molar-refractivity contribution in [2.75, 3.05) is 13.1 Å². The van der Waals surface area contributed by atoms with Crippen molar-refractivity contribution in [1.29, 1.82) is 0 Å². The van der Waals surface area contributed by atoms with E-state index in [-0.39, 0.29) is 18.1 Å². The first-order valence-corrected chi connectivity index (χ1v) is 7.36. The molecule has 2 heterocycles. The molecule has 2 unspecified atom stereocenters. The molecule has 1 aromatic rings. The fourth-order valence-corrected chi connectivity index (χ4v) is 3.06. The number of fused-ring (bicyclic) bond motifs is 1. The second kappa shape index (κ2) is 5.09. The summed E-state index contributed by atoms with van der Waals surface area (Å²) in [4.78, 5) is 14.4. The summed E-state index contributed by atoms with van der Waals surface area (Å²) in [5, 5.41) is 0. The molecule has 4 nitrogen and oxygen atoms in total. The summed E-state index contributed by atoms with van der Waals surface area (Å²) in [6, 6.07) is 4.29. The van der Waals surface area contributed by atoms with Crippen LogP contribution in [0.3, 0.4) is 0 Å². The maximum absolute atomic E-state index is 12.5. The lowest BCUT2D eigenvalue weighted by Crippen LogP contribution is -2.50. The Morgan fingerprint density at radius 3 is 2.85 bits per heavy atom. The first kappa shape index (κ1) is 13.4. The number of benzene rings is 1. The van der Waals surface area contributed by atoms with Gasteiger partial charge in [0.2, 0.25) is 0 Å². The number of ether oxygens (including phenoxy) is 1. The molecule has 1 saturated heterocycles. The van der Waals surface area contributed by atoms with E-state index in [1.165, 1.54) is 11.1 Å². The number of nitrogens with two attached hydrogens (primary N) is 1. The molecule has 1 fully saturated rings. The van der Waals surface area contributed by atoms with E-state index in [9.17, 15) is 4.79 Å². The van der Waals surface area contributed by atoms with Gasteiger partial charge >= 0.3 is 0 Å². The normalized spacial score (nSPS) is 25.2. The highest BCUT2D eigenvalue weighted by atomic mass is 16.5. The summed E-state index contributed by atoms with van der Waals surface area (Å²) in [6.07, 6.45) is 2.32. The molecule has 0 aromatic heterocycles. The molecule has 1 aromatic carbocycles. The highest BCUT2D eigenvalue weighted by molar-refractivity contribution is 5.83. The Morgan fingerprint density at radius 1 is 1.35 bits per heavy atom. The molecule has 4 heteroatoms. The summed E-state index contributed by atoms with van der Waals surface area (Å²) in [6.45, 7) is 5.63. The number of piperidine rings is 1. The molecule has 108 valence electrons. The van der Waals surface area contributed by atoms with Gasteiger partial charge in [0, 0.05) is 25.6 Å². The number of likely N-dealkylation sites (tertiary alicyclic amines) is 1. The van der Waals surface area contributed by atoms with Crippen molar-refractivity contribution < 1.29 is 9.53 Å². The fourth-order valence-electron chi connectivity index (χ4n) is 3.06. The predicted octanol–water partition coefficient (Wildman–Crippen LogP) is 1.56. The summed E-state index contributed by atoms with van der Waals surface area (Å²) in [5.74, 6) is 0.958. The van der Waals surface area contributed by atoms with Crippen molar-refractivity contribution in [3.63, 3.8) is 0 Å². The SMILES string of the molecule is Cc1cc2c(cc1C)OC(C(=O)N1CCCC(N)C1)C2. The quantitative estimate of drug-likeness (QED) is 0.845. The molecule has 0 saturated carbocycles. The van der Waals surface area contributed by atoms with Crippen molar-refractivity contribution >= 4 is 5.91 Å². The summed E-state index contributed by atoms with van der Waals surface area (Å²) >= 11 is 0. The third-order valence-electron chi connectivity index (χ3n) is 4.40. The van der Waals surface area contributed by atoms with Crippen LogP contribution in [0.4, 0.5) is 0 Å². The van der Waals surface area contributed by atoms with Gasteiger partial charge in [-0.2, -0.15) is 0 Å². The molecule has 3 rings (SSSR count). The monoisotopic (exact) mass is 274 g/mol. The molecule has 1 amide bonds. The Kier molecular flexibility index (Phi) is 3.42. The van der Waals surface area contributed by atoms with Crippen molar-refractivity contribution in [1.82, 2.24) is 4.90 Å². The van der Waals surface area contributed by atoms with Crippen molar-refractivity contribution in [2.24, 2.45) is 5.73 Å². The van der Waals surface area contributed by atoms with Gasteiger partial charge in [-0.25, -0.2) is 0 Å². The smallest absolute Gasteiger partial charge is 0.264 e. The zero-order valence-corrected chi connectivity index (χ0v) is 12.2. The predicted molar refractivity (Wildman–Crippen MR) is 77.8 cm³/mol. The zero-order valence-electron chi connectivity index (χ0n) is 12.2. The Bertz CT molecular complexity index is 511. The zero-order chi connectivity index (χ0) is 14.3. The fraction of sp³-hybridized carbons (Fsp3) is 0.562. The number of hydrogen-bond acceptors (Lipinski definition) is 3. The molecule has 2 atom stereocenters. The number of nitrogens with zero attached hydrogens (tertiary/aromatic N) is 1. The van der Waals surface area contributed by atoms with E-state index in [2.05, 4.69) is 19.9 Å². The van der Waals surface area contributed by atoms with Gasteiger partial charge in [-0.15, -0.1) is 0 Å². The van der Waals surface area contributed by atoms with Crippen LogP contribution in [0.2, 0.25) is 0 Å². The molecular formula is C16H22N2O2. The van der Waals surface area contributed by atoms with Crippen molar-refractivity contribution in [3.8, 4) is 5.75 Å². The molecule has 0 radical (unpaired) electrons. The number of carbonyl (C=O) groups excluding carboxylic acids is 1. The maximum atomic E-state index is 12.5. The van der Waals surface area contributed by atoms with Gasteiger partial charge in [0.25, 0.3) is 5.91 Å². The third-order valence-corrected chi connectivity index (χ3v) is 4.40.